The molecule has 0 saturated heterocycles. The molecule has 0 saturated carbocycles. The van der Waals surface area contributed by atoms with Crippen LogP contribution in [0.2, 0.25) is 0 Å². The van der Waals surface area contributed by atoms with E-state index in [0.29, 0.717) is 21.3 Å². The number of ketones is 1. The van der Waals surface area contributed by atoms with Gasteiger partial charge in [-0.2, -0.15) is 0 Å². The summed E-state index contributed by atoms with van der Waals surface area (Å²) in [6.07, 6.45) is -0.0885. The molecule has 2 atom stereocenters. The summed E-state index contributed by atoms with van der Waals surface area (Å²) >= 11 is 1.27. The van der Waals surface area contributed by atoms with Crippen molar-refractivity contribution in [2.75, 3.05) is 5.32 Å². The summed E-state index contributed by atoms with van der Waals surface area (Å²) in [6, 6.07) is 8.95. The van der Waals surface area contributed by atoms with Crippen molar-refractivity contribution >= 4 is 49.1 Å². The molecule has 154 valence electrons. The van der Waals surface area contributed by atoms with Gasteiger partial charge in [0.05, 0.1) is 16.6 Å². The lowest BCUT2D eigenvalue weighted by molar-refractivity contribution is 0.0809. The third kappa shape index (κ3) is 5.38. The molecular weight excluding hydrogens is 403 g/mol. The van der Waals surface area contributed by atoms with Crippen LogP contribution in [0.25, 0.3) is 0 Å². The Balaban J connectivity index is 1.75. The minimum Gasteiger partial charge on any atom is -0.501 e. The summed E-state index contributed by atoms with van der Waals surface area (Å²) < 4.78 is 23.5. The number of hydrogen-bond donors (Lipinski definition) is 1. The molecule has 1 N–H and O–H groups in total. The Bertz CT molecular complexity index is 1040. The molecule has 2 heterocycles. The van der Waals surface area contributed by atoms with E-state index in [4.69, 9.17) is 9.47 Å². The van der Waals surface area contributed by atoms with Crippen LogP contribution in [0.15, 0.2) is 36.5 Å². The van der Waals surface area contributed by atoms with Crippen molar-refractivity contribution in [3.05, 3.63) is 52.7 Å². The number of carbonyl (C=O) groups is 1. The number of halogens is 1. The highest BCUT2D eigenvalue weighted by Gasteiger charge is 2.18. The number of rotatable bonds is 8. The number of pyridine rings is 1. The van der Waals surface area contributed by atoms with Gasteiger partial charge in [0, 0.05) is 30.4 Å². The van der Waals surface area contributed by atoms with Gasteiger partial charge in [0.2, 0.25) is 18.0 Å². The number of alkyl halides is 1. The predicted molar refractivity (Wildman–Crippen MR) is 122 cm³/mol. The summed E-state index contributed by atoms with van der Waals surface area (Å²) in [6.45, 7) is 5.04. The average molecular weight is 425 g/mol. The standard InChI is InChI=1S/C20H22B2FN3O3S/c1-10-19(18(27)13-4-7-17(24-9-13)29-12(3)23)30-20(25-10)26-14-5-6-16(15(22)8-14)28-11(2)21/h4-9,11-12H,21-22H2,1-3H3,(H,25,26). The molecule has 30 heavy (non-hydrogen) atoms. The summed E-state index contributed by atoms with van der Waals surface area (Å²) in [5.41, 5.74) is 2.88. The number of carbonyl (C=O) groups excluding carboxylic acids is 1. The van der Waals surface area contributed by atoms with E-state index in [1.165, 1.54) is 30.5 Å². The molecule has 0 bridgehead atoms. The molecular formula is C20H22B2FN3O3S. The normalized spacial score (nSPS) is 12.8. The summed E-state index contributed by atoms with van der Waals surface area (Å²) in [4.78, 5) is 21.8. The smallest absolute Gasteiger partial charge is 0.237 e. The Hall–Kier alpha value is -2.87. The SMILES string of the molecule is Bc1cc(Nc2nc(C)c(C(=O)c3ccc(OC(C)F)nc3)s2)ccc1OC(B)C. The Kier molecular flexibility index (Phi) is 6.76. The number of nitrogens with one attached hydrogen (secondary N) is 1. The Morgan fingerprint density at radius 3 is 2.60 bits per heavy atom. The number of ether oxygens (including phenoxy) is 2. The Morgan fingerprint density at radius 2 is 2.00 bits per heavy atom. The van der Waals surface area contributed by atoms with Crippen molar-refractivity contribution in [2.24, 2.45) is 0 Å². The van der Waals surface area contributed by atoms with Crippen LogP contribution < -0.4 is 20.3 Å². The quantitative estimate of drug-likeness (QED) is 0.441. The lowest BCUT2D eigenvalue weighted by atomic mass is 9.94. The lowest BCUT2D eigenvalue weighted by Crippen LogP contribution is -2.17. The number of aryl methyl sites for hydroxylation is 1. The van der Waals surface area contributed by atoms with Crippen LogP contribution in [0, 0.1) is 6.92 Å². The Morgan fingerprint density at radius 1 is 1.23 bits per heavy atom. The second-order valence-electron chi connectivity index (χ2n) is 7.08. The van der Waals surface area contributed by atoms with Gasteiger partial charge in [-0.05, 0) is 43.6 Å². The Labute approximate surface area is 180 Å². The second kappa shape index (κ2) is 9.30. The number of hydrogen-bond acceptors (Lipinski definition) is 7. The third-order valence-electron chi connectivity index (χ3n) is 4.07. The monoisotopic (exact) mass is 425 g/mol. The van der Waals surface area contributed by atoms with E-state index in [9.17, 15) is 9.18 Å². The summed E-state index contributed by atoms with van der Waals surface area (Å²) in [5, 5.41) is 3.86. The van der Waals surface area contributed by atoms with E-state index in [2.05, 4.69) is 15.3 Å². The maximum absolute atomic E-state index is 12.9. The molecule has 0 amide bonds. The van der Waals surface area contributed by atoms with Gasteiger partial charge in [0.15, 0.2) is 13.0 Å². The zero-order chi connectivity index (χ0) is 21.8. The van der Waals surface area contributed by atoms with Gasteiger partial charge in [0.25, 0.3) is 0 Å². The van der Waals surface area contributed by atoms with Crippen LogP contribution in [-0.4, -0.2) is 43.8 Å². The highest BCUT2D eigenvalue weighted by Crippen LogP contribution is 2.28. The first-order valence-electron chi connectivity index (χ1n) is 9.56. The van der Waals surface area contributed by atoms with Gasteiger partial charge < -0.3 is 14.8 Å². The van der Waals surface area contributed by atoms with Gasteiger partial charge in [-0.25, -0.2) is 14.4 Å². The number of benzene rings is 1. The molecule has 0 spiro atoms. The van der Waals surface area contributed by atoms with Gasteiger partial charge >= 0.3 is 0 Å². The van der Waals surface area contributed by atoms with Gasteiger partial charge in [0.1, 0.15) is 13.6 Å². The molecule has 2 aromatic heterocycles. The van der Waals surface area contributed by atoms with Crippen molar-refractivity contribution < 1.29 is 18.7 Å². The van der Waals surface area contributed by atoms with E-state index >= 15 is 0 Å². The van der Waals surface area contributed by atoms with Crippen molar-refractivity contribution in [3.63, 3.8) is 0 Å². The highest BCUT2D eigenvalue weighted by molar-refractivity contribution is 7.17. The van der Waals surface area contributed by atoms with Crippen molar-refractivity contribution in [1.82, 2.24) is 9.97 Å². The molecule has 2 unspecified atom stereocenters. The molecule has 0 radical (unpaired) electrons. The van der Waals surface area contributed by atoms with Crippen LogP contribution in [0.3, 0.4) is 0 Å². The lowest BCUT2D eigenvalue weighted by Gasteiger charge is -2.14. The van der Waals surface area contributed by atoms with Crippen LogP contribution in [0.1, 0.15) is 34.8 Å². The van der Waals surface area contributed by atoms with Crippen LogP contribution in [0.4, 0.5) is 15.2 Å². The largest absolute Gasteiger partial charge is 0.501 e. The first-order chi connectivity index (χ1) is 14.2. The number of aromatic nitrogens is 2. The van der Waals surface area contributed by atoms with Crippen molar-refractivity contribution in [1.29, 1.82) is 0 Å². The molecule has 6 nitrogen and oxygen atoms in total. The molecule has 10 heteroatoms. The molecule has 0 fully saturated rings. The van der Waals surface area contributed by atoms with Crippen LogP contribution >= 0.6 is 11.3 Å². The van der Waals surface area contributed by atoms with Gasteiger partial charge in [-0.3, -0.25) is 4.79 Å². The minimum atomic E-state index is -1.47. The van der Waals surface area contributed by atoms with E-state index < -0.39 is 6.36 Å². The maximum atomic E-state index is 12.9. The van der Waals surface area contributed by atoms with Crippen molar-refractivity contribution in [3.8, 4) is 11.6 Å². The zero-order valence-electron chi connectivity index (χ0n) is 17.5. The first kappa shape index (κ1) is 21.8. The van der Waals surface area contributed by atoms with Crippen LogP contribution in [-0.2, 0) is 0 Å². The predicted octanol–water partition coefficient (Wildman–Crippen LogP) is 2.13. The summed E-state index contributed by atoms with van der Waals surface area (Å²) in [5.74, 6) is 0.774. The minimum absolute atomic E-state index is 0.105. The van der Waals surface area contributed by atoms with Crippen LogP contribution in [0.5, 0.6) is 11.6 Å². The third-order valence-corrected chi connectivity index (χ3v) is 5.14. The fraction of sp³-hybridized carbons (Fsp3) is 0.250. The van der Waals surface area contributed by atoms with Gasteiger partial charge in [-0.1, -0.05) is 11.3 Å². The van der Waals surface area contributed by atoms with E-state index in [1.54, 1.807) is 13.0 Å². The zero-order valence-corrected chi connectivity index (χ0v) is 18.3. The summed E-state index contributed by atoms with van der Waals surface area (Å²) in [7, 11) is 3.97. The topological polar surface area (TPSA) is 73.3 Å². The highest BCUT2D eigenvalue weighted by atomic mass is 32.1. The molecule has 0 aliphatic heterocycles. The number of nitrogens with zero attached hydrogens (tertiary/aromatic N) is 2. The van der Waals surface area contributed by atoms with Crippen molar-refractivity contribution in [2.45, 2.75) is 33.1 Å². The molecule has 1 aromatic carbocycles. The molecule has 3 aromatic rings. The molecule has 0 aliphatic carbocycles. The fourth-order valence-corrected chi connectivity index (χ4v) is 3.73. The maximum Gasteiger partial charge on any atom is 0.237 e. The molecule has 3 rings (SSSR count). The van der Waals surface area contributed by atoms with Gasteiger partial charge in [-0.15, -0.1) is 0 Å². The first-order valence-corrected chi connectivity index (χ1v) is 10.4. The van der Waals surface area contributed by atoms with E-state index in [-0.39, 0.29) is 17.7 Å². The second-order valence-corrected chi connectivity index (χ2v) is 8.08. The average Bonchev–Trinajstić information content (AvgIpc) is 3.03. The van der Waals surface area contributed by atoms with E-state index in [1.807, 2.05) is 40.8 Å². The fourth-order valence-electron chi connectivity index (χ4n) is 2.78. The van der Waals surface area contributed by atoms with E-state index in [0.717, 1.165) is 16.9 Å². The number of anilines is 2. The molecule has 0 aliphatic rings. The number of thiazole rings is 1.